The van der Waals surface area contributed by atoms with Crippen LogP contribution < -0.4 is 4.74 Å². The van der Waals surface area contributed by atoms with E-state index in [1.165, 1.54) is 6.07 Å². The summed E-state index contributed by atoms with van der Waals surface area (Å²) in [5.41, 5.74) is 1.60. The second kappa shape index (κ2) is 4.09. The Morgan fingerprint density at radius 3 is 3.00 bits per heavy atom. The van der Waals surface area contributed by atoms with E-state index in [9.17, 15) is 10.1 Å². The summed E-state index contributed by atoms with van der Waals surface area (Å²) in [7, 11) is 0. The van der Waals surface area contributed by atoms with Crippen molar-refractivity contribution in [3.63, 3.8) is 0 Å². The molecular formula is C11H13NO4. The van der Waals surface area contributed by atoms with Crippen LogP contribution in [0.5, 0.6) is 5.75 Å². The van der Waals surface area contributed by atoms with Gasteiger partial charge in [0.1, 0.15) is 5.75 Å². The molecule has 1 heterocycles. The van der Waals surface area contributed by atoms with Gasteiger partial charge in [0.15, 0.2) is 0 Å². The highest BCUT2D eigenvalue weighted by Gasteiger charge is 2.25. The molecule has 0 aliphatic carbocycles. The fourth-order valence-corrected chi connectivity index (χ4v) is 1.98. The molecule has 1 N–H and O–H groups in total. The smallest absolute Gasteiger partial charge is 0.272 e. The quantitative estimate of drug-likeness (QED) is 0.608. The Balaban J connectivity index is 2.43. The number of aliphatic hydroxyl groups is 1. The summed E-state index contributed by atoms with van der Waals surface area (Å²) >= 11 is 0. The lowest BCUT2D eigenvalue weighted by molar-refractivity contribution is -0.385. The molecule has 1 atom stereocenters. The summed E-state index contributed by atoms with van der Waals surface area (Å²) in [4.78, 5) is 10.4. The Hall–Kier alpha value is -1.62. The van der Waals surface area contributed by atoms with Gasteiger partial charge in [-0.2, -0.15) is 0 Å². The van der Waals surface area contributed by atoms with Gasteiger partial charge in [0, 0.05) is 29.7 Å². The molecule has 0 spiro atoms. The summed E-state index contributed by atoms with van der Waals surface area (Å²) < 4.78 is 5.46. The second-order valence-corrected chi connectivity index (χ2v) is 4.01. The van der Waals surface area contributed by atoms with Gasteiger partial charge in [0.25, 0.3) is 5.69 Å². The lowest BCUT2D eigenvalue weighted by Crippen LogP contribution is -2.24. The van der Waals surface area contributed by atoms with E-state index in [0.717, 1.165) is 5.56 Å². The maximum Gasteiger partial charge on any atom is 0.272 e. The zero-order chi connectivity index (χ0) is 11.7. The number of benzene rings is 1. The van der Waals surface area contributed by atoms with Gasteiger partial charge in [-0.15, -0.1) is 0 Å². The molecule has 0 aromatic heterocycles. The maximum atomic E-state index is 10.8. The summed E-state index contributed by atoms with van der Waals surface area (Å²) in [6, 6.07) is 3.10. The fraction of sp³-hybridized carbons (Fsp3) is 0.455. The SMILES string of the molecule is Cc1c([N+](=O)[O-])ccc2c1CC(CO)CO2. The first-order valence-corrected chi connectivity index (χ1v) is 5.14. The predicted octanol–water partition coefficient (Wildman–Crippen LogP) is 1.45. The number of fused-ring (bicyclic) bond motifs is 1. The average Bonchev–Trinajstić information content (AvgIpc) is 2.28. The Morgan fingerprint density at radius 2 is 2.38 bits per heavy atom. The standard InChI is InChI=1S/C11H13NO4/c1-7-9-4-8(5-13)6-16-11(9)3-2-10(7)12(14)15/h2-3,8,13H,4-6H2,1H3. The van der Waals surface area contributed by atoms with Crippen molar-refractivity contribution in [2.45, 2.75) is 13.3 Å². The number of hydrogen-bond donors (Lipinski definition) is 1. The first-order valence-electron chi connectivity index (χ1n) is 5.14. The molecule has 5 nitrogen and oxygen atoms in total. The third-order valence-corrected chi connectivity index (χ3v) is 2.95. The summed E-state index contributed by atoms with van der Waals surface area (Å²) in [6.07, 6.45) is 0.638. The number of nitro benzene ring substituents is 1. The molecule has 5 heteroatoms. The number of aliphatic hydroxyl groups excluding tert-OH is 1. The van der Waals surface area contributed by atoms with E-state index in [1.54, 1.807) is 13.0 Å². The molecule has 16 heavy (non-hydrogen) atoms. The van der Waals surface area contributed by atoms with E-state index in [0.29, 0.717) is 24.3 Å². The summed E-state index contributed by atoms with van der Waals surface area (Å²) in [5.74, 6) is 0.737. The first kappa shape index (κ1) is 10.9. The average molecular weight is 223 g/mol. The molecule has 0 amide bonds. The lowest BCUT2D eigenvalue weighted by Gasteiger charge is -2.24. The maximum absolute atomic E-state index is 10.8. The van der Waals surface area contributed by atoms with Gasteiger partial charge in [-0.3, -0.25) is 10.1 Å². The Bertz CT molecular complexity index is 430. The highest BCUT2D eigenvalue weighted by molar-refractivity contribution is 5.52. The lowest BCUT2D eigenvalue weighted by atomic mass is 9.93. The molecule has 1 aromatic carbocycles. The molecule has 0 bridgehead atoms. The van der Waals surface area contributed by atoms with Crippen LogP contribution in [-0.4, -0.2) is 23.2 Å². The molecule has 0 saturated carbocycles. The van der Waals surface area contributed by atoms with Crippen LogP contribution in [0.25, 0.3) is 0 Å². The van der Waals surface area contributed by atoms with Crippen molar-refractivity contribution in [2.75, 3.05) is 13.2 Å². The van der Waals surface area contributed by atoms with Gasteiger partial charge in [-0.1, -0.05) is 0 Å². The zero-order valence-corrected chi connectivity index (χ0v) is 8.97. The van der Waals surface area contributed by atoms with E-state index in [4.69, 9.17) is 9.84 Å². The zero-order valence-electron chi connectivity index (χ0n) is 8.97. The summed E-state index contributed by atoms with van der Waals surface area (Å²) in [6.45, 7) is 2.24. The van der Waals surface area contributed by atoms with Crippen LogP contribution in [0.1, 0.15) is 11.1 Å². The predicted molar refractivity (Wildman–Crippen MR) is 57.6 cm³/mol. The van der Waals surface area contributed by atoms with Crippen molar-refractivity contribution < 1.29 is 14.8 Å². The minimum Gasteiger partial charge on any atom is -0.493 e. The number of hydrogen-bond acceptors (Lipinski definition) is 4. The van der Waals surface area contributed by atoms with E-state index in [-0.39, 0.29) is 18.2 Å². The van der Waals surface area contributed by atoms with Gasteiger partial charge < -0.3 is 9.84 Å². The Kier molecular flexibility index (Phi) is 2.78. The van der Waals surface area contributed by atoms with Gasteiger partial charge >= 0.3 is 0 Å². The van der Waals surface area contributed by atoms with E-state index in [2.05, 4.69) is 0 Å². The topological polar surface area (TPSA) is 72.6 Å². The number of nitro groups is 1. The molecule has 0 fully saturated rings. The molecule has 86 valence electrons. The molecule has 1 aromatic rings. The van der Waals surface area contributed by atoms with Crippen LogP contribution in [0.3, 0.4) is 0 Å². The van der Waals surface area contributed by atoms with E-state index >= 15 is 0 Å². The van der Waals surface area contributed by atoms with Crippen LogP contribution in [0.15, 0.2) is 12.1 Å². The molecule has 0 saturated heterocycles. The van der Waals surface area contributed by atoms with Gasteiger partial charge in [-0.05, 0) is 19.4 Å². The Labute approximate surface area is 92.8 Å². The van der Waals surface area contributed by atoms with Gasteiger partial charge in [0.05, 0.1) is 11.5 Å². The first-order chi connectivity index (χ1) is 7.63. The molecular weight excluding hydrogens is 210 g/mol. The largest absolute Gasteiger partial charge is 0.493 e. The summed E-state index contributed by atoms with van der Waals surface area (Å²) in [5, 5.41) is 19.8. The van der Waals surface area contributed by atoms with E-state index in [1.807, 2.05) is 0 Å². The monoisotopic (exact) mass is 223 g/mol. The van der Waals surface area contributed by atoms with Gasteiger partial charge in [-0.25, -0.2) is 0 Å². The minimum absolute atomic E-state index is 0.0354. The number of ether oxygens (including phenoxy) is 1. The van der Waals surface area contributed by atoms with Crippen molar-refractivity contribution in [1.29, 1.82) is 0 Å². The molecule has 1 aliphatic heterocycles. The molecule has 0 radical (unpaired) electrons. The van der Waals surface area contributed by atoms with Crippen LogP contribution in [-0.2, 0) is 6.42 Å². The third kappa shape index (κ3) is 1.74. The number of nitrogens with zero attached hydrogens (tertiary/aromatic N) is 1. The highest BCUT2D eigenvalue weighted by atomic mass is 16.6. The number of rotatable bonds is 2. The van der Waals surface area contributed by atoms with Crippen LogP contribution >= 0.6 is 0 Å². The van der Waals surface area contributed by atoms with Crippen LogP contribution in [0.2, 0.25) is 0 Å². The Morgan fingerprint density at radius 1 is 1.62 bits per heavy atom. The van der Waals surface area contributed by atoms with Crippen LogP contribution in [0, 0.1) is 23.0 Å². The molecule has 1 aliphatic rings. The van der Waals surface area contributed by atoms with Crippen molar-refractivity contribution in [3.8, 4) is 5.75 Å². The highest BCUT2D eigenvalue weighted by Crippen LogP contribution is 2.34. The van der Waals surface area contributed by atoms with Gasteiger partial charge in [0.2, 0.25) is 0 Å². The minimum atomic E-state index is -0.391. The third-order valence-electron chi connectivity index (χ3n) is 2.95. The molecule has 2 rings (SSSR count). The van der Waals surface area contributed by atoms with Crippen molar-refractivity contribution in [2.24, 2.45) is 5.92 Å². The van der Waals surface area contributed by atoms with Crippen molar-refractivity contribution in [1.82, 2.24) is 0 Å². The van der Waals surface area contributed by atoms with Crippen molar-refractivity contribution in [3.05, 3.63) is 33.4 Å². The second-order valence-electron chi connectivity index (χ2n) is 4.01. The van der Waals surface area contributed by atoms with Crippen molar-refractivity contribution >= 4 is 5.69 Å². The van der Waals surface area contributed by atoms with Crippen LogP contribution in [0.4, 0.5) is 5.69 Å². The fourth-order valence-electron chi connectivity index (χ4n) is 1.98. The molecule has 1 unspecified atom stereocenters. The van der Waals surface area contributed by atoms with E-state index < -0.39 is 4.92 Å². The normalized spacial score (nSPS) is 18.8.